The third-order valence-electron chi connectivity index (χ3n) is 7.79. The number of aromatic nitrogens is 3. The van der Waals surface area contributed by atoms with Gasteiger partial charge in [-0.05, 0) is 50.7 Å². The normalized spacial score (nSPS) is 19.7. The maximum absolute atomic E-state index is 13.7. The van der Waals surface area contributed by atoms with Gasteiger partial charge >= 0.3 is 0 Å². The molecule has 0 aromatic carbocycles. The van der Waals surface area contributed by atoms with E-state index in [2.05, 4.69) is 15.3 Å². The number of nitrogens with zero attached hydrogens (tertiary/aromatic N) is 4. The Morgan fingerprint density at radius 1 is 0.811 bits per heavy atom. The monoisotopic (exact) mass is 595 g/mol. The van der Waals surface area contributed by atoms with Crippen molar-refractivity contribution in [3.05, 3.63) is 17.8 Å². The first kappa shape index (κ1) is 31.9. The van der Waals surface area contributed by atoms with Crippen molar-refractivity contribution in [1.82, 2.24) is 19.5 Å². The van der Waals surface area contributed by atoms with Crippen LogP contribution in [-0.4, -0.2) is 52.9 Å². The summed E-state index contributed by atoms with van der Waals surface area (Å²) in [5.41, 5.74) is 0.469. The molecule has 0 spiro atoms. The summed E-state index contributed by atoms with van der Waals surface area (Å²) in [6.45, 7) is 1.83. The fourth-order valence-corrected chi connectivity index (χ4v) is 7.57. The van der Waals surface area contributed by atoms with E-state index < -0.39 is 15.3 Å². The Bertz CT molecular complexity index is 1120. The summed E-state index contributed by atoms with van der Waals surface area (Å²) < 4.78 is 28.5. The lowest BCUT2D eigenvalue weighted by Gasteiger charge is -2.23. The minimum atomic E-state index is -3.74. The van der Waals surface area contributed by atoms with Crippen LogP contribution >= 0.6 is 37.2 Å². The summed E-state index contributed by atoms with van der Waals surface area (Å²) in [7, 11) is -3.74. The zero-order valence-electron chi connectivity index (χ0n) is 21.3. The minimum Gasteiger partial charge on any atom is -0.357 e. The number of amides is 1. The molecule has 12 heteroatoms. The van der Waals surface area contributed by atoms with Gasteiger partial charge in [-0.1, -0.05) is 51.4 Å². The molecule has 3 heterocycles. The van der Waals surface area contributed by atoms with Crippen molar-refractivity contribution < 1.29 is 13.2 Å². The zero-order chi connectivity index (χ0) is 23.5. The Hall–Kier alpha value is -1.29. The zero-order valence-corrected chi connectivity index (χ0v) is 24.5. The first-order chi connectivity index (χ1) is 16.5. The number of fused-ring (bicyclic) bond motifs is 1. The van der Waals surface area contributed by atoms with Crippen LogP contribution in [0.25, 0.3) is 11.0 Å². The second-order valence-electron chi connectivity index (χ2n) is 10.2. The molecule has 2 aromatic heterocycles. The molecule has 2 aliphatic carbocycles. The summed E-state index contributed by atoms with van der Waals surface area (Å²) in [4.78, 5) is 20.3. The second-order valence-corrected chi connectivity index (χ2v) is 12.3. The number of carbonyl (C=O) groups is 1. The van der Waals surface area contributed by atoms with E-state index in [1.165, 1.54) is 19.3 Å². The first-order valence-electron chi connectivity index (χ1n) is 13.2. The maximum Gasteiger partial charge on any atom is 0.272 e. The summed E-state index contributed by atoms with van der Waals surface area (Å²) in [5.74, 6) is 0.479. The maximum atomic E-state index is 13.7. The molecule has 210 valence electrons. The van der Waals surface area contributed by atoms with Crippen LogP contribution in [0.1, 0.15) is 100 Å². The SMILES string of the molecule is Cl.Cl.Cl.O=C(NC1CCCCC1)c1nn(S(=O)(=O)C2CCCCC2)c2nc(N3CCCCCC3)ccc12. The van der Waals surface area contributed by atoms with Gasteiger partial charge in [0.25, 0.3) is 15.9 Å². The predicted octanol–water partition coefficient (Wildman–Crippen LogP) is 5.65. The van der Waals surface area contributed by atoms with Crippen LogP contribution in [0.4, 0.5) is 5.82 Å². The standard InChI is InChI=1S/C25H37N5O3S.3ClH/c31-25(26-19-11-5-3-6-12-19)23-21-15-16-22(29-17-9-1-2-10-18-29)27-24(21)30(28-23)34(32,33)20-13-7-4-8-14-20;;;/h15-16,19-20H,1-14,17-18H2,(H,26,31);3*1H. The Morgan fingerprint density at radius 2 is 1.38 bits per heavy atom. The molecule has 1 amide bonds. The van der Waals surface area contributed by atoms with Crippen LogP contribution in [0.5, 0.6) is 0 Å². The molecule has 1 saturated heterocycles. The lowest BCUT2D eigenvalue weighted by atomic mass is 9.95. The van der Waals surface area contributed by atoms with Gasteiger partial charge in [-0.2, -0.15) is 0 Å². The smallest absolute Gasteiger partial charge is 0.272 e. The predicted molar refractivity (Wildman–Crippen MR) is 155 cm³/mol. The molecule has 2 aromatic rings. The van der Waals surface area contributed by atoms with Gasteiger partial charge in [0, 0.05) is 19.1 Å². The van der Waals surface area contributed by atoms with E-state index in [1.807, 2.05) is 12.1 Å². The van der Waals surface area contributed by atoms with E-state index in [0.29, 0.717) is 23.9 Å². The van der Waals surface area contributed by atoms with Crippen molar-refractivity contribution in [2.45, 2.75) is 101 Å². The number of pyridine rings is 1. The van der Waals surface area contributed by atoms with Crippen molar-refractivity contribution in [2.24, 2.45) is 0 Å². The Morgan fingerprint density at radius 3 is 2.00 bits per heavy atom. The third-order valence-corrected chi connectivity index (χ3v) is 9.84. The van der Waals surface area contributed by atoms with Crippen molar-refractivity contribution in [3.8, 4) is 0 Å². The molecule has 3 aliphatic rings. The number of carbonyl (C=O) groups excluding carboxylic acids is 1. The molecule has 8 nitrogen and oxygen atoms in total. The fourth-order valence-electron chi connectivity index (χ4n) is 5.79. The minimum absolute atomic E-state index is 0. The van der Waals surface area contributed by atoms with Crippen LogP contribution < -0.4 is 10.2 Å². The lowest BCUT2D eigenvalue weighted by Crippen LogP contribution is -2.36. The highest BCUT2D eigenvalue weighted by Crippen LogP contribution is 2.30. The summed E-state index contributed by atoms with van der Waals surface area (Å²) in [6, 6.07) is 3.89. The molecule has 1 N–H and O–H groups in total. The van der Waals surface area contributed by atoms with Crippen molar-refractivity contribution in [1.29, 1.82) is 0 Å². The largest absolute Gasteiger partial charge is 0.357 e. The number of hydrogen-bond donors (Lipinski definition) is 1. The number of hydrogen-bond acceptors (Lipinski definition) is 6. The van der Waals surface area contributed by atoms with E-state index in [-0.39, 0.29) is 54.9 Å². The highest BCUT2D eigenvalue weighted by atomic mass is 35.5. The summed E-state index contributed by atoms with van der Waals surface area (Å²) in [5, 5.41) is 7.60. The molecule has 5 rings (SSSR count). The van der Waals surface area contributed by atoms with E-state index >= 15 is 0 Å². The van der Waals surface area contributed by atoms with Gasteiger partial charge in [-0.15, -0.1) is 46.4 Å². The van der Waals surface area contributed by atoms with E-state index in [0.717, 1.165) is 80.8 Å². The molecule has 0 unspecified atom stereocenters. The van der Waals surface area contributed by atoms with E-state index in [1.54, 1.807) is 0 Å². The van der Waals surface area contributed by atoms with Gasteiger partial charge in [0.1, 0.15) is 5.82 Å². The molecule has 1 aliphatic heterocycles. The highest BCUT2D eigenvalue weighted by Gasteiger charge is 2.34. The van der Waals surface area contributed by atoms with Crippen LogP contribution in [0, 0.1) is 0 Å². The molecule has 0 atom stereocenters. The third kappa shape index (κ3) is 7.02. The van der Waals surface area contributed by atoms with Crippen molar-refractivity contribution in [2.75, 3.05) is 18.0 Å². The van der Waals surface area contributed by atoms with Gasteiger partial charge < -0.3 is 10.2 Å². The lowest BCUT2D eigenvalue weighted by molar-refractivity contribution is 0.0924. The summed E-state index contributed by atoms with van der Waals surface area (Å²) >= 11 is 0. The molecule has 2 saturated carbocycles. The fraction of sp³-hybridized carbons (Fsp3) is 0.720. The average Bonchev–Trinajstić information content (AvgIpc) is 3.04. The number of nitrogens with one attached hydrogen (secondary N) is 1. The van der Waals surface area contributed by atoms with Crippen molar-refractivity contribution >= 4 is 70.0 Å². The topological polar surface area (TPSA) is 97.2 Å². The number of anilines is 1. The molecular formula is C25H40Cl3N5O3S. The van der Waals surface area contributed by atoms with Gasteiger partial charge in [0.2, 0.25) is 0 Å². The van der Waals surface area contributed by atoms with Crippen LogP contribution in [0.3, 0.4) is 0 Å². The molecule has 37 heavy (non-hydrogen) atoms. The molecule has 0 bridgehead atoms. The Balaban J connectivity index is 0.00000160. The Labute approximate surface area is 239 Å². The Kier molecular flexibility index (Phi) is 12.2. The van der Waals surface area contributed by atoms with E-state index in [9.17, 15) is 13.2 Å². The molecule has 0 radical (unpaired) electrons. The molecular weight excluding hydrogens is 557 g/mol. The quantitative estimate of drug-likeness (QED) is 0.479. The first-order valence-corrected chi connectivity index (χ1v) is 14.7. The van der Waals surface area contributed by atoms with Gasteiger partial charge in [-0.25, -0.2) is 13.4 Å². The van der Waals surface area contributed by atoms with Crippen LogP contribution in [-0.2, 0) is 10.0 Å². The average molecular weight is 597 g/mol. The summed E-state index contributed by atoms with van der Waals surface area (Å²) in [6.07, 6.45) is 14.1. The number of rotatable bonds is 5. The second kappa shape index (κ2) is 14.2. The molecule has 3 fully saturated rings. The van der Waals surface area contributed by atoms with E-state index in [4.69, 9.17) is 4.98 Å². The van der Waals surface area contributed by atoms with Crippen molar-refractivity contribution in [3.63, 3.8) is 0 Å². The van der Waals surface area contributed by atoms with Gasteiger partial charge in [-0.3, -0.25) is 4.79 Å². The van der Waals surface area contributed by atoms with Crippen LogP contribution in [0.2, 0.25) is 0 Å². The van der Waals surface area contributed by atoms with Gasteiger partial charge in [0.15, 0.2) is 11.3 Å². The van der Waals surface area contributed by atoms with Crippen LogP contribution in [0.15, 0.2) is 12.1 Å². The number of halogens is 3. The van der Waals surface area contributed by atoms with Gasteiger partial charge in [0.05, 0.1) is 10.6 Å². The highest BCUT2D eigenvalue weighted by molar-refractivity contribution is 7.90.